The summed E-state index contributed by atoms with van der Waals surface area (Å²) < 4.78 is 77.6. The SMILES string of the molecule is CC(C(=O)N(C)c1ccc(CS(F)(F)(F)(F)F)cc1)C1CCC(c2ccnc3ccc(F)cc23)CC1. The van der Waals surface area contributed by atoms with Crippen LogP contribution < -0.4 is 4.90 Å². The van der Waals surface area contributed by atoms with Crippen LogP contribution in [0.1, 0.15) is 49.7 Å². The van der Waals surface area contributed by atoms with Gasteiger partial charge in [-0.05, 0) is 85.0 Å². The van der Waals surface area contributed by atoms with Crippen LogP contribution in [0.4, 0.5) is 29.5 Å². The standard InChI is InChI=1S/C26H28F6N2OS/c1-17(26(35)34(2)22-10-3-18(4-11-22)16-36(28,29,30,31)32)19-5-7-20(8-6-19)23-13-14-33-25-12-9-21(27)15-24(23)25/h3-4,9-15,17,19-20H,5-8,16H2,1-2H3. The zero-order valence-electron chi connectivity index (χ0n) is 19.9. The van der Waals surface area contributed by atoms with Gasteiger partial charge in [-0.25, -0.2) is 4.39 Å². The highest BCUT2D eigenvalue weighted by atomic mass is 32.5. The molecule has 0 bridgehead atoms. The zero-order valence-corrected chi connectivity index (χ0v) is 20.8. The van der Waals surface area contributed by atoms with Crippen molar-refractivity contribution in [2.75, 3.05) is 11.9 Å². The molecule has 36 heavy (non-hydrogen) atoms. The van der Waals surface area contributed by atoms with Gasteiger partial charge in [0.2, 0.25) is 5.91 Å². The molecule has 0 N–H and O–H groups in total. The summed E-state index contributed by atoms with van der Waals surface area (Å²) in [5.41, 5.74) is 1.60. The lowest BCUT2D eigenvalue weighted by Gasteiger charge is -2.40. The topological polar surface area (TPSA) is 33.2 Å². The van der Waals surface area contributed by atoms with Crippen LogP contribution in [-0.4, -0.2) is 17.9 Å². The molecule has 1 saturated carbocycles. The summed E-state index contributed by atoms with van der Waals surface area (Å²) in [5, 5.41) is 0.804. The maximum Gasteiger partial charge on any atom is 0.289 e. The van der Waals surface area contributed by atoms with E-state index < -0.39 is 21.5 Å². The van der Waals surface area contributed by atoms with Crippen LogP contribution in [0.25, 0.3) is 10.9 Å². The van der Waals surface area contributed by atoms with Crippen molar-refractivity contribution in [2.24, 2.45) is 11.8 Å². The lowest BCUT2D eigenvalue weighted by Crippen LogP contribution is -2.36. The van der Waals surface area contributed by atoms with E-state index in [1.54, 1.807) is 12.3 Å². The van der Waals surface area contributed by atoms with Gasteiger partial charge in [-0.3, -0.25) is 9.78 Å². The second-order valence-electron chi connectivity index (χ2n) is 9.80. The van der Waals surface area contributed by atoms with Gasteiger partial charge in [-0.1, -0.05) is 38.5 Å². The zero-order chi connectivity index (χ0) is 26.4. The number of hydrogen-bond donors (Lipinski definition) is 0. The van der Waals surface area contributed by atoms with E-state index in [4.69, 9.17) is 0 Å². The van der Waals surface area contributed by atoms with Crippen molar-refractivity contribution in [3.8, 4) is 0 Å². The van der Waals surface area contributed by atoms with E-state index in [0.717, 1.165) is 54.3 Å². The quantitative estimate of drug-likeness (QED) is 0.299. The van der Waals surface area contributed by atoms with Gasteiger partial charge in [0, 0.05) is 30.2 Å². The van der Waals surface area contributed by atoms with E-state index in [1.807, 2.05) is 13.0 Å². The number of carbonyl (C=O) groups excluding carboxylic acids is 1. The minimum absolute atomic E-state index is 0.119. The predicted molar refractivity (Wildman–Crippen MR) is 132 cm³/mol. The Morgan fingerprint density at radius 3 is 2.25 bits per heavy atom. The molecule has 1 aliphatic rings. The van der Waals surface area contributed by atoms with E-state index >= 15 is 0 Å². The van der Waals surface area contributed by atoms with Crippen molar-refractivity contribution < 1.29 is 28.6 Å². The summed E-state index contributed by atoms with van der Waals surface area (Å²) in [6, 6.07) is 11.0. The largest absolute Gasteiger partial charge is 0.315 e. The summed E-state index contributed by atoms with van der Waals surface area (Å²) in [6.07, 6.45) is 5.00. The Labute approximate surface area is 206 Å². The number of rotatable bonds is 6. The van der Waals surface area contributed by atoms with Crippen LogP contribution in [-0.2, 0) is 10.5 Å². The molecule has 3 aromatic rings. The molecule has 1 amide bonds. The molecule has 10 heteroatoms. The van der Waals surface area contributed by atoms with Crippen LogP contribution in [0.5, 0.6) is 0 Å². The van der Waals surface area contributed by atoms with Crippen molar-refractivity contribution in [3.63, 3.8) is 0 Å². The molecule has 1 atom stereocenters. The summed E-state index contributed by atoms with van der Waals surface area (Å²) in [5.74, 6) is -2.74. The fraction of sp³-hybridized carbons (Fsp3) is 0.385. The van der Waals surface area contributed by atoms with Gasteiger partial charge < -0.3 is 4.90 Å². The van der Waals surface area contributed by atoms with Crippen LogP contribution in [0, 0.1) is 17.7 Å². The van der Waals surface area contributed by atoms with Crippen molar-refractivity contribution in [1.29, 1.82) is 0 Å². The van der Waals surface area contributed by atoms with Crippen LogP contribution in [0.15, 0.2) is 54.7 Å². The molecular formula is C26H28F6N2OS. The number of nitrogens with zero attached hydrogens (tertiary/aromatic N) is 2. The smallest absolute Gasteiger partial charge is 0.289 e. The highest BCUT2D eigenvalue weighted by molar-refractivity contribution is 8.45. The maximum atomic E-state index is 13.8. The first-order chi connectivity index (χ1) is 16.6. The van der Waals surface area contributed by atoms with Gasteiger partial charge in [0.1, 0.15) is 11.6 Å². The lowest BCUT2D eigenvalue weighted by molar-refractivity contribution is -0.123. The third kappa shape index (κ3) is 6.32. The molecule has 0 saturated heterocycles. The Bertz CT molecular complexity index is 1270. The monoisotopic (exact) mass is 530 g/mol. The Morgan fingerprint density at radius 2 is 1.64 bits per heavy atom. The number of anilines is 1. The molecule has 1 aromatic heterocycles. The normalized spacial score (nSPS) is 21.4. The minimum atomic E-state index is -9.56. The molecule has 1 heterocycles. The van der Waals surface area contributed by atoms with Gasteiger partial charge in [-0.15, -0.1) is 0 Å². The van der Waals surface area contributed by atoms with Crippen LogP contribution in [0.2, 0.25) is 0 Å². The van der Waals surface area contributed by atoms with E-state index in [-0.39, 0.29) is 29.5 Å². The summed E-state index contributed by atoms with van der Waals surface area (Å²) in [4.78, 5) is 18.8. The number of benzene rings is 2. The first-order valence-electron chi connectivity index (χ1n) is 11.7. The molecule has 1 fully saturated rings. The van der Waals surface area contributed by atoms with Gasteiger partial charge in [-0.2, -0.15) is 0 Å². The number of fused-ring (bicyclic) bond motifs is 1. The second-order valence-corrected chi connectivity index (χ2v) is 12.3. The number of pyridine rings is 1. The van der Waals surface area contributed by atoms with E-state index in [2.05, 4.69) is 4.98 Å². The summed E-state index contributed by atoms with van der Waals surface area (Å²) >= 11 is 0. The highest BCUT2D eigenvalue weighted by Crippen LogP contribution is 2.99. The molecule has 1 unspecified atom stereocenters. The number of aromatic nitrogens is 1. The van der Waals surface area contributed by atoms with E-state index in [9.17, 15) is 28.6 Å². The summed E-state index contributed by atoms with van der Waals surface area (Å²) in [6.45, 7) is 1.84. The van der Waals surface area contributed by atoms with Crippen molar-refractivity contribution in [2.45, 2.75) is 44.3 Å². The summed E-state index contributed by atoms with van der Waals surface area (Å²) in [7, 11) is -8.03. The van der Waals surface area contributed by atoms with Gasteiger partial charge in [0.15, 0.2) is 0 Å². The first kappa shape index (κ1) is 26.3. The second kappa shape index (κ2) is 8.68. The first-order valence-corrected chi connectivity index (χ1v) is 13.9. The average Bonchev–Trinajstić information content (AvgIpc) is 2.81. The minimum Gasteiger partial charge on any atom is -0.315 e. The van der Waals surface area contributed by atoms with Crippen LogP contribution in [0.3, 0.4) is 0 Å². The van der Waals surface area contributed by atoms with Gasteiger partial charge in [0.25, 0.3) is 10.2 Å². The number of halogens is 6. The Balaban J connectivity index is 1.39. The third-order valence-corrected chi connectivity index (χ3v) is 8.02. The van der Waals surface area contributed by atoms with Gasteiger partial charge in [0.05, 0.1) is 5.52 Å². The lowest BCUT2D eigenvalue weighted by atomic mass is 9.73. The molecule has 4 rings (SSSR count). The number of hydrogen-bond acceptors (Lipinski definition) is 2. The Kier molecular flexibility index (Phi) is 6.34. The van der Waals surface area contributed by atoms with E-state index in [1.165, 1.54) is 36.2 Å². The fourth-order valence-corrected chi connectivity index (χ4v) is 6.01. The molecule has 2 aromatic carbocycles. The molecule has 0 spiro atoms. The Morgan fingerprint density at radius 1 is 1.00 bits per heavy atom. The molecule has 0 radical (unpaired) electrons. The maximum absolute atomic E-state index is 13.8. The predicted octanol–water partition coefficient (Wildman–Crippen LogP) is 8.75. The molecule has 196 valence electrons. The number of carbonyl (C=O) groups is 1. The average molecular weight is 531 g/mol. The van der Waals surface area contributed by atoms with Crippen molar-refractivity contribution >= 4 is 32.7 Å². The van der Waals surface area contributed by atoms with Gasteiger partial charge >= 0.3 is 0 Å². The fourth-order valence-electron chi connectivity index (χ4n) is 5.19. The molecule has 3 nitrogen and oxygen atoms in total. The number of amides is 1. The van der Waals surface area contributed by atoms with Crippen molar-refractivity contribution in [3.05, 3.63) is 71.7 Å². The third-order valence-electron chi connectivity index (χ3n) is 7.14. The van der Waals surface area contributed by atoms with Crippen LogP contribution >= 0.6 is 10.2 Å². The molecular weight excluding hydrogens is 502 g/mol. The van der Waals surface area contributed by atoms with Crippen molar-refractivity contribution in [1.82, 2.24) is 4.98 Å². The Hall–Kier alpha value is -2.75. The molecule has 1 aliphatic carbocycles. The molecule has 0 aliphatic heterocycles. The highest BCUT2D eigenvalue weighted by Gasteiger charge is 2.63. The van der Waals surface area contributed by atoms with E-state index in [0.29, 0.717) is 5.69 Å².